The van der Waals surface area contributed by atoms with E-state index in [1.807, 2.05) is 13.8 Å². The van der Waals surface area contributed by atoms with Crippen LogP contribution in [-0.2, 0) is 167 Å². The number of likely N-dealkylation sites (tertiary alicyclic amines) is 1. The van der Waals surface area contributed by atoms with E-state index in [-0.39, 0.29) is 143 Å². The summed E-state index contributed by atoms with van der Waals surface area (Å²) in [6.07, 6.45) is -3.63. The van der Waals surface area contributed by atoms with E-state index in [1.165, 1.54) is 41.5 Å². The number of amides is 10. The van der Waals surface area contributed by atoms with E-state index in [4.69, 9.17) is 71.1 Å². The number of Topliss-reactive ketones (excluding diaryl/α,β-unsaturated/α-hetero) is 1. The van der Waals surface area contributed by atoms with Crippen LogP contribution in [0.5, 0.6) is 0 Å². The van der Waals surface area contributed by atoms with Crippen molar-refractivity contribution in [3.05, 3.63) is 0 Å². The lowest BCUT2D eigenvalue weighted by molar-refractivity contribution is -0.277. The maximum atomic E-state index is 14.1. The van der Waals surface area contributed by atoms with Gasteiger partial charge in [0.1, 0.15) is 62.0 Å². The molecule has 4 fully saturated rings. The van der Waals surface area contributed by atoms with Gasteiger partial charge in [0.05, 0.1) is 0 Å². The maximum Gasteiger partial charge on any atom is 0.303 e. The van der Waals surface area contributed by atoms with Crippen molar-refractivity contribution >= 4 is 119 Å². The molecule has 4 rings (SSSR count). The van der Waals surface area contributed by atoms with Gasteiger partial charge in [0.2, 0.25) is 59.1 Å². The zero-order valence-electron chi connectivity index (χ0n) is 84.0. The van der Waals surface area contributed by atoms with Crippen LogP contribution >= 0.6 is 0 Å². The van der Waals surface area contributed by atoms with Gasteiger partial charge in [-0.25, -0.2) is 0 Å². The predicted octanol–water partition coefficient (Wildman–Crippen LogP) is 3.68. The number of carbonyl (C=O) groups excluding carboxylic acids is 20. The van der Waals surface area contributed by atoms with Crippen molar-refractivity contribution in [2.24, 2.45) is 17.3 Å². The number of nitrogens with one attached hydrogen (secondary N) is 9. The largest absolute Gasteiger partial charge is 0.463 e. The Balaban J connectivity index is 1.40. The van der Waals surface area contributed by atoms with Crippen molar-refractivity contribution in [1.29, 1.82) is 0 Å². The minimum atomic E-state index is -1.30. The van der Waals surface area contributed by atoms with Crippen LogP contribution in [0.3, 0.4) is 0 Å². The highest BCUT2D eigenvalue weighted by molar-refractivity contribution is 5.82. The number of carbonyl (C=O) groups is 20. The van der Waals surface area contributed by atoms with Crippen molar-refractivity contribution in [3.8, 4) is 0 Å². The molecule has 0 aromatic carbocycles. The fourth-order valence-electron chi connectivity index (χ4n) is 16.7. The van der Waals surface area contributed by atoms with E-state index in [1.54, 1.807) is 4.90 Å². The molecule has 140 heavy (non-hydrogen) atoms. The first-order valence-corrected chi connectivity index (χ1v) is 48.9. The zero-order valence-corrected chi connectivity index (χ0v) is 84.0. The Morgan fingerprint density at radius 2 is 0.571 bits per heavy atom. The first-order valence-electron chi connectivity index (χ1n) is 48.9. The van der Waals surface area contributed by atoms with Crippen molar-refractivity contribution < 1.29 is 167 Å². The fraction of sp³-hybridized carbons (Fsp3) is 0.789. The molecule has 4 aliphatic heterocycles. The summed E-state index contributed by atoms with van der Waals surface area (Å²) in [5.41, 5.74) is -0.909. The average Bonchev–Trinajstić information content (AvgIpc) is 0.797. The van der Waals surface area contributed by atoms with Crippen LogP contribution in [0.2, 0.25) is 0 Å². The molecule has 15 unspecified atom stereocenters. The topological polar surface area (TPSA) is 591 Å². The van der Waals surface area contributed by atoms with E-state index in [0.717, 1.165) is 48.0 Å². The first kappa shape index (κ1) is 122. The molecule has 0 radical (unpaired) electrons. The Morgan fingerprint density at radius 1 is 0.307 bits per heavy atom. The van der Waals surface area contributed by atoms with E-state index in [9.17, 15) is 95.9 Å². The van der Waals surface area contributed by atoms with Gasteiger partial charge in [-0.1, -0.05) is 39.5 Å². The zero-order chi connectivity index (χ0) is 104. The molecule has 4 heterocycles. The Labute approximate surface area is 819 Å². The molecule has 0 aliphatic carbocycles. The van der Waals surface area contributed by atoms with Gasteiger partial charge in [0, 0.05) is 218 Å². The van der Waals surface area contributed by atoms with E-state index in [0.29, 0.717) is 168 Å². The van der Waals surface area contributed by atoms with Crippen LogP contribution in [0.1, 0.15) is 283 Å². The second-order valence-corrected chi connectivity index (χ2v) is 36.0. The van der Waals surface area contributed by atoms with E-state index in [2.05, 4.69) is 47.9 Å². The number of rotatable bonds is 66. The minimum absolute atomic E-state index is 0.00834. The molecule has 4 saturated heterocycles. The summed E-state index contributed by atoms with van der Waals surface area (Å²) in [4.78, 5) is 255. The molecule has 15 atom stereocenters. The molecule has 0 saturated carbocycles. The lowest BCUT2D eigenvalue weighted by atomic mass is 9.67. The highest BCUT2D eigenvalue weighted by atomic mass is 16.7. The molecule has 4 aliphatic rings. The second kappa shape index (κ2) is 66.9. The van der Waals surface area contributed by atoms with Crippen molar-refractivity contribution in [3.63, 3.8) is 0 Å². The van der Waals surface area contributed by atoms with Gasteiger partial charge in [-0.3, -0.25) is 95.9 Å². The molecular weight excluding hydrogens is 1840 g/mol. The Bertz CT molecular complexity index is 3850. The summed E-state index contributed by atoms with van der Waals surface area (Å²) < 4.78 is 84.7. The monoisotopic (exact) mass is 2000 g/mol. The first-order chi connectivity index (χ1) is 66.5. The number of ketones is 1. The number of esters is 9. The number of nitrogens with zero attached hydrogens (tertiary/aromatic N) is 1. The summed E-state index contributed by atoms with van der Waals surface area (Å²) in [7, 11) is 0. The Kier molecular flexibility index (Phi) is 58.2. The van der Waals surface area contributed by atoms with Gasteiger partial charge in [0.15, 0.2) is 55.5 Å². The molecule has 45 heteroatoms. The quantitative estimate of drug-likeness (QED) is 0.0238. The summed E-state index contributed by atoms with van der Waals surface area (Å²) in [5.74, 6) is -9.88. The molecule has 10 amide bonds. The maximum absolute atomic E-state index is 14.1. The average molecular weight is 2000 g/mol. The number of hydrogen-bond acceptors (Lipinski definition) is 35. The van der Waals surface area contributed by atoms with Crippen LogP contribution in [0.4, 0.5) is 0 Å². The van der Waals surface area contributed by atoms with E-state index < -0.39 is 189 Å². The predicted molar refractivity (Wildman–Crippen MR) is 494 cm³/mol. The molecule has 9 N–H and O–H groups in total. The molecule has 0 aromatic rings. The SMILES string of the molecule is CC(=O)NC1C(OCCCCC(=O)NCCCCCC(=O)NCC(CCC(=O)NCCCCCC(=O)C(C)C)(CNC(=O)CCCCCNC(=O)CCCCOC2OC(COC(C)=O)C(OC(C)=O)C(OC(C)=O)C2NC(C)=O)C2CCN(C(=O)CCCCCNC(=O)CCCCOC3OC(COC(C)=O)C(OC(C)=O)C(OC(C)=O)C3NC(C)=O)CC2)OC(COC(C)=O)C(OC(C)=O)C1OC(C)=O. The summed E-state index contributed by atoms with van der Waals surface area (Å²) in [6, 6.07) is -3.47. The molecule has 45 nitrogen and oxygen atoms in total. The second-order valence-electron chi connectivity index (χ2n) is 36.0. The number of ether oxygens (including phenoxy) is 15. The highest BCUT2D eigenvalue weighted by Crippen LogP contribution is 2.40. The standard InChI is InChI=1S/C95H154N10O35/c1-58(2)72(118)33-19-15-26-47-99-81(124)40-43-95(56-100-79(122)34-20-16-27-44-96-76(119)36-23-30-50-126-92-83(102-59(3)106)89(135-68(12)115)86(132-65(9)112)73(138-92)53-129-62(6)109,57-101-80(123)35-21-17-28-45-97-77(120)37-24-31-51-127-93-84(103-60(4)107)90(136-69(13)116)87(133-66(10)113)74(139-93)54-130-63(7)110)71-41-48-105(49-42-71)82(125)39-22-18-29-46-98-78(121)38-25-32-52-128-94-85(104-61(5)108)91(137-70(14)117)88(134-67(11)114)75(140-94)55-131-64(8)111/h58,71,73-75,83-94H,15-57H2,1-14H3,(H,96,119)(H,97,120)(H,98,121)(H,99,124)(H,100,122)(H,101,123)(H,102,106)(H,103,107)(H,104,108). The van der Waals surface area contributed by atoms with Gasteiger partial charge in [-0.15, -0.1) is 0 Å². The van der Waals surface area contributed by atoms with Crippen LogP contribution in [0, 0.1) is 17.3 Å². The van der Waals surface area contributed by atoms with Crippen LogP contribution in [-0.4, -0.2) is 307 Å². The third-order valence-corrected chi connectivity index (χ3v) is 23.6. The van der Waals surface area contributed by atoms with Crippen molar-refractivity contribution in [2.75, 3.05) is 92.0 Å². The van der Waals surface area contributed by atoms with Gasteiger partial charge in [0.25, 0.3) is 0 Å². The van der Waals surface area contributed by atoms with Gasteiger partial charge < -0.3 is 124 Å². The van der Waals surface area contributed by atoms with Crippen LogP contribution < -0.4 is 47.9 Å². The summed E-state index contributed by atoms with van der Waals surface area (Å²) >= 11 is 0. The number of piperidine rings is 1. The fourth-order valence-corrected chi connectivity index (χ4v) is 16.7. The molecular formula is C95H154N10O35. The summed E-state index contributed by atoms with van der Waals surface area (Å²) in [6.45, 7) is 18.6. The number of unbranched alkanes of at least 4 members (excludes halogenated alkanes) is 11. The van der Waals surface area contributed by atoms with Crippen LogP contribution in [0.25, 0.3) is 0 Å². The van der Waals surface area contributed by atoms with Crippen molar-refractivity contribution in [1.82, 2.24) is 52.8 Å². The third-order valence-electron chi connectivity index (χ3n) is 23.6. The van der Waals surface area contributed by atoms with Crippen LogP contribution in [0.15, 0.2) is 0 Å². The minimum Gasteiger partial charge on any atom is -0.463 e. The highest BCUT2D eigenvalue weighted by Gasteiger charge is 2.55. The molecule has 794 valence electrons. The normalized spacial score (nSPS) is 22.1. The van der Waals surface area contributed by atoms with Crippen molar-refractivity contribution in [2.45, 2.75) is 375 Å². The Morgan fingerprint density at radius 3 is 0.850 bits per heavy atom. The Hall–Kier alpha value is -10.6. The number of hydrogen-bond donors (Lipinski definition) is 9. The molecule has 0 spiro atoms. The van der Waals surface area contributed by atoms with E-state index >= 15 is 0 Å². The lowest BCUT2D eigenvalue weighted by Gasteiger charge is -2.45. The molecule has 0 aromatic heterocycles. The summed E-state index contributed by atoms with van der Waals surface area (Å²) in [5, 5.41) is 26.0. The molecule has 0 bridgehead atoms. The van der Waals surface area contributed by atoms with Gasteiger partial charge in [-0.05, 0) is 115 Å². The van der Waals surface area contributed by atoms with Gasteiger partial charge in [-0.2, -0.15) is 0 Å². The lowest BCUT2D eigenvalue weighted by Crippen LogP contribution is -2.66. The van der Waals surface area contributed by atoms with Gasteiger partial charge >= 0.3 is 53.7 Å². The third kappa shape index (κ3) is 49.7. The smallest absolute Gasteiger partial charge is 0.303 e.